The van der Waals surface area contributed by atoms with Crippen molar-refractivity contribution in [1.82, 2.24) is 19.9 Å². The summed E-state index contributed by atoms with van der Waals surface area (Å²) < 4.78 is 29.8. The SMILES string of the molecule is Cc1ccn2nc(-c3ccc(F)cc3F)c(C(=O)N[C@H]3N=C(c4ccccc4)c4ccccc4NC3=O)c2n1. The van der Waals surface area contributed by atoms with Crippen LogP contribution in [0.4, 0.5) is 14.5 Å². The Hall–Kier alpha value is -5.25. The number of benzodiazepines with no additional fused rings is 1. The summed E-state index contributed by atoms with van der Waals surface area (Å²) in [4.78, 5) is 36.1. The van der Waals surface area contributed by atoms with Gasteiger partial charge in [-0.15, -0.1) is 0 Å². The molecule has 0 bridgehead atoms. The molecule has 6 rings (SSSR count). The average molecular weight is 523 g/mol. The lowest BCUT2D eigenvalue weighted by atomic mass is 10.0. The molecule has 10 heteroatoms. The van der Waals surface area contributed by atoms with Crippen LogP contribution in [0, 0.1) is 18.6 Å². The minimum atomic E-state index is -1.33. The quantitative estimate of drug-likeness (QED) is 0.362. The number of aliphatic imine (C=N–C) groups is 1. The van der Waals surface area contributed by atoms with E-state index in [0.717, 1.165) is 11.6 Å². The Balaban J connectivity index is 1.47. The van der Waals surface area contributed by atoms with Crippen molar-refractivity contribution in [1.29, 1.82) is 0 Å². The Morgan fingerprint density at radius 2 is 1.74 bits per heavy atom. The van der Waals surface area contributed by atoms with Crippen molar-refractivity contribution >= 4 is 28.9 Å². The molecule has 0 unspecified atom stereocenters. The third kappa shape index (κ3) is 4.42. The standard InChI is InChI=1S/C29H20F2N6O2/c1-16-13-14-37-27(32-16)23(25(36-37)19-12-11-18(30)15-21(19)31)28(38)35-26-29(39)33-22-10-6-5-9-20(22)24(34-26)17-7-3-2-4-8-17/h2-15,26H,1H3,(H,33,39)(H,35,38)/t26-/m1/s1. The zero-order chi connectivity index (χ0) is 27.1. The third-order valence-corrected chi connectivity index (χ3v) is 6.30. The van der Waals surface area contributed by atoms with Crippen LogP contribution >= 0.6 is 0 Å². The number of nitrogens with zero attached hydrogens (tertiary/aromatic N) is 4. The molecule has 3 aromatic carbocycles. The number of para-hydroxylation sites is 1. The van der Waals surface area contributed by atoms with Crippen molar-refractivity contribution in [2.24, 2.45) is 4.99 Å². The molecule has 3 heterocycles. The van der Waals surface area contributed by atoms with E-state index >= 15 is 0 Å². The first-order valence-corrected chi connectivity index (χ1v) is 12.0. The van der Waals surface area contributed by atoms with E-state index in [-0.39, 0.29) is 22.5 Å². The van der Waals surface area contributed by atoms with E-state index in [2.05, 4.69) is 25.7 Å². The average Bonchev–Trinajstić information content (AvgIpc) is 3.23. The Morgan fingerprint density at radius 3 is 2.54 bits per heavy atom. The second kappa shape index (κ2) is 9.56. The van der Waals surface area contributed by atoms with Crippen LogP contribution in [0.1, 0.15) is 27.2 Å². The van der Waals surface area contributed by atoms with Gasteiger partial charge in [0.25, 0.3) is 11.8 Å². The summed E-state index contributed by atoms with van der Waals surface area (Å²) in [6.45, 7) is 1.74. The predicted molar refractivity (Wildman–Crippen MR) is 141 cm³/mol. The van der Waals surface area contributed by atoms with Crippen LogP contribution in [0.3, 0.4) is 0 Å². The van der Waals surface area contributed by atoms with Crippen LogP contribution in [0.2, 0.25) is 0 Å². The molecule has 8 nitrogen and oxygen atoms in total. The van der Waals surface area contributed by atoms with Crippen LogP contribution in [0.15, 0.2) is 90.1 Å². The highest BCUT2D eigenvalue weighted by molar-refractivity contribution is 6.20. The lowest BCUT2D eigenvalue weighted by Gasteiger charge is -2.14. The van der Waals surface area contributed by atoms with Crippen LogP contribution in [-0.2, 0) is 4.79 Å². The highest BCUT2D eigenvalue weighted by Crippen LogP contribution is 2.29. The Morgan fingerprint density at radius 1 is 0.974 bits per heavy atom. The minimum absolute atomic E-state index is 0.0484. The lowest BCUT2D eigenvalue weighted by molar-refractivity contribution is -0.117. The van der Waals surface area contributed by atoms with E-state index in [4.69, 9.17) is 0 Å². The molecule has 2 N–H and O–H groups in total. The fraction of sp³-hybridized carbons (Fsp3) is 0.0690. The number of hydrogen-bond acceptors (Lipinski definition) is 5. The molecule has 2 aromatic heterocycles. The zero-order valence-corrected chi connectivity index (χ0v) is 20.5. The maximum absolute atomic E-state index is 14.8. The Bertz CT molecular complexity index is 1800. The highest BCUT2D eigenvalue weighted by Gasteiger charge is 2.31. The molecule has 0 saturated carbocycles. The van der Waals surface area contributed by atoms with Gasteiger partial charge in [-0.1, -0.05) is 48.5 Å². The summed E-state index contributed by atoms with van der Waals surface area (Å²) >= 11 is 0. The van der Waals surface area contributed by atoms with Gasteiger partial charge in [-0.25, -0.2) is 23.3 Å². The van der Waals surface area contributed by atoms with Crippen LogP contribution in [0.5, 0.6) is 0 Å². The van der Waals surface area contributed by atoms with E-state index in [9.17, 15) is 18.4 Å². The van der Waals surface area contributed by atoms with Crippen molar-refractivity contribution in [3.8, 4) is 11.3 Å². The normalized spacial score (nSPS) is 14.8. The molecule has 0 aliphatic carbocycles. The van der Waals surface area contributed by atoms with Gasteiger partial charge in [0.2, 0.25) is 6.17 Å². The first-order valence-electron chi connectivity index (χ1n) is 12.0. The maximum atomic E-state index is 14.8. The van der Waals surface area contributed by atoms with E-state index < -0.39 is 29.6 Å². The van der Waals surface area contributed by atoms with E-state index in [0.29, 0.717) is 28.7 Å². The van der Waals surface area contributed by atoms with Gasteiger partial charge in [-0.05, 0) is 31.2 Å². The summed E-state index contributed by atoms with van der Waals surface area (Å²) in [5.41, 5.74) is 3.03. The van der Waals surface area contributed by atoms with Crippen molar-refractivity contribution in [3.05, 3.63) is 119 Å². The number of halogens is 2. The molecule has 192 valence electrons. The fourth-order valence-electron chi connectivity index (χ4n) is 4.48. The van der Waals surface area contributed by atoms with Crippen molar-refractivity contribution in [2.45, 2.75) is 13.1 Å². The van der Waals surface area contributed by atoms with E-state index in [1.165, 1.54) is 10.6 Å². The molecule has 0 radical (unpaired) electrons. The number of carbonyl (C=O) groups excluding carboxylic acids is 2. The summed E-state index contributed by atoms with van der Waals surface area (Å²) in [7, 11) is 0. The number of rotatable bonds is 4. The van der Waals surface area contributed by atoms with Gasteiger partial charge in [0.05, 0.1) is 11.4 Å². The van der Waals surface area contributed by atoms with Gasteiger partial charge < -0.3 is 10.6 Å². The van der Waals surface area contributed by atoms with Gasteiger partial charge in [-0.2, -0.15) is 5.10 Å². The lowest BCUT2D eigenvalue weighted by Crippen LogP contribution is -2.42. The Kier molecular flexibility index (Phi) is 5.91. The van der Waals surface area contributed by atoms with Gasteiger partial charge in [0, 0.05) is 34.6 Å². The molecular weight excluding hydrogens is 502 g/mol. The molecule has 1 atom stereocenters. The zero-order valence-electron chi connectivity index (χ0n) is 20.5. The number of aromatic nitrogens is 3. The smallest absolute Gasteiger partial charge is 0.269 e. The molecule has 0 fully saturated rings. The van der Waals surface area contributed by atoms with Crippen molar-refractivity contribution < 1.29 is 18.4 Å². The predicted octanol–water partition coefficient (Wildman–Crippen LogP) is 4.53. The maximum Gasteiger partial charge on any atom is 0.269 e. The topological polar surface area (TPSA) is 101 Å². The molecule has 39 heavy (non-hydrogen) atoms. The number of fused-ring (bicyclic) bond motifs is 2. The van der Waals surface area contributed by atoms with Crippen molar-refractivity contribution in [3.63, 3.8) is 0 Å². The van der Waals surface area contributed by atoms with Crippen LogP contribution in [-0.4, -0.2) is 38.3 Å². The number of amides is 2. The highest BCUT2D eigenvalue weighted by atomic mass is 19.1. The number of carbonyl (C=O) groups is 2. The van der Waals surface area contributed by atoms with E-state index in [1.807, 2.05) is 42.5 Å². The first kappa shape index (κ1) is 24.1. The molecule has 0 saturated heterocycles. The number of hydrogen-bond donors (Lipinski definition) is 2. The third-order valence-electron chi connectivity index (χ3n) is 6.30. The molecule has 5 aromatic rings. The number of benzene rings is 3. The minimum Gasteiger partial charge on any atom is -0.322 e. The summed E-state index contributed by atoms with van der Waals surface area (Å²) in [5.74, 6) is -2.96. The number of nitrogens with one attached hydrogen (secondary N) is 2. The monoisotopic (exact) mass is 522 g/mol. The number of anilines is 1. The van der Waals surface area contributed by atoms with Gasteiger partial charge in [0.1, 0.15) is 22.9 Å². The summed E-state index contributed by atoms with van der Waals surface area (Å²) in [6.07, 6.45) is 0.255. The largest absolute Gasteiger partial charge is 0.322 e. The Labute approximate surface area is 221 Å². The van der Waals surface area contributed by atoms with Crippen LogP contribution < -0.4 is 10.6 Å². The van der Waals surface area contributed by atoms with E-state index in [1.54, 1.807) is 31.3 Å². The molecular formula is C29H20F2N6O2. The summed E-state index contributed by atoms with van der Waals surface area (Å²) in [5, 5.41) is 9.85. The second-order valence-electron chi connectivity index (χ2n) is 8.94. The van der Waals surface area contributed by atoms with Gasteiger partial charge in [-0.3, -0.25) is 9.59 Å². The fourth-order valence-corrected chi connectivity index (χ4v) is 4.48. The second-order valence-corrected chi connectivity index (χ2v) is 8.94. The number of aryl methyl sites for hydroxylation is 1. The molecule has 2 amide bonds. The first-order chi connectivity index (χ1) is 18.9. The van der Waals surface area contributed by atoms with Crippen LogP contribution in [0.25, 0.3) is 16.9 Å². The van der Waals surface area contributed by atoms with Crippen molar-refractivity contribution in [2.75, 3.05) is 5.32 Å². The molecule has 1 aliphatic rings. The summed E-state index contributed by atoms with van der Waals surface area (Å²) in [6, 6.07) is 21.2. The van der Waals surface area contributed by atoms with Gasteiger partial charge in [0.15, 0.2) is 5.65 Å². The molecule has 0 spiro atoms. The molecule has 1 aliphatic heterocycles. The van der Waals surface area contributed by atoms with Gasteiger partial charge >= 0.3 is 0 Å².